The predicted octanol–water partition coefficient (Wildman–Crippen LogP) is -4.73. The average Bonchev–Trinajstić information content (AvgIpc) is 3.42. The molecule has 0 unspecified atom stereocenters. The van der Waals surface area contributed by atoms with Crippen molar-refractivity contribution in [3.8, 4) is 28.7 Å². The van der Waals surface area contributed by atoms with Crippen LogP contribution in [-0.4, -0.2) is 40.7 Å². The molecule has 0 aromatic heterocycles. The molecule has 4 atom stereocenters. The zero-order valence-corrected chi connectivity index (χ0v) is 25.4. The number of phosphoric acid groups is 1. The molecule has 0 N–H and O–H groups in total. The van der Waals surface area contributed by atoms with Gasteiger partial charge in [-0.05, 0) is 41.0 Å². The predicted molar refractivity (Wildman–Crippen MR) is 110 cm³/mol. The molecule has 0 saturated carbocycles. The number of fused-ring (bicyclic) bond motifs is 3. The normalized spacial score (nSPS) is 23.4. The van der Waals surface area contributed by atoms with Crippen LogP contribution in [0.25, 0.3) is 0 Å². The van der Waals surface area contributed by atoms with Crippen molar-refractivity contribution in [2.45, 2.75) is 12.0 Å². The summed E-state index contributed by atoms with van der Waals surface area (Å²) in [6.07, 6.45) is -1.22. The standard InChI is InChI=1S/C22H23O11P.2Na/c1-27-16-4-10(5-17(28-2)21(16)29-3)18-11-6-14-15(32-9-31-14)7-12(11)20(33-34(24,25)26)13-8-30-22(23)19(13)18;;/h4-7,13,18-20H,8-9H2,1-3H3,(H2,24,25,26);;/q;2*+1/p-2/t13-,18+,19-,20-;;/m0../s1. The Morgan fingerprint density at radius 2 is 1.47 bits per heavy atom. The molecule has 1 saturated heterocycles. The molecule has 3 aliphatic rings. The van der Waals surface area contributed by atoms with E-state index in [0.717, 1.165) is 0 Å². The van der Waals surface area contributed by atoms with Crippen LogP contribution in [0.1, 0.15) is 28.7 Å². The minimum absolute atomic E-state index is 0. The number of cyclic esters (lactones) is 1. The van der Waals surface area contributed by atoms with Gasteiger partial charge in [-0.3, -0.25) is 4.79 Å². The van der Waals surface area contributed by atoms with Crippen LogP contribution in [0.2, 0.25) is 0 Å². The summed E-state index contributed by atoms with van der Waals surface area (Å²) in [6, 6.07) is 6.69. The zero-order chi connectivity index (χ0) is 24.2. The van der Waals surface area contributed by atoms with E-state index >= 15 is 0 Å². The summed E-state index contributed by atoms with van der Waals surface area (Å²) in [4.78, 5) is 36.2. The Morgan fingerprint density at radius 3 is 2.00 bits per heavy atom. The maximum Gasteiger partial charge on any atom is 1.00 e. The van der Waals surface area contributed by atoms with Crippen LogP contribution in [0.15, 0.2) is 24.3 Å². The van der Waals surface area contributed by atoms with Gasteiger partial charge in [-0.1, -0.05) is 0 Å². The largest absolute Gasteiger partial charge is 1.00 e. The van der Waals surface area contributed by atoms with Gasteiger partial charge in [0.05, 0.1) is 47.8 Å². The van der Waals surface area contributed by atoms with Crippen LogP contribution in [0.5, 0.6) is 28.7 Å². The fourth-order valence-corrected chi connectivity index (χ4v) is 5.62. The summed E-state index contributed by atoms with van der Waals surface area (Å²) in [5.74, 6) is -0.788. The molecule has 2 heterocycles. The summed E-state index contributed by atoms with van der Waals surface area (Å²) in [5, 5.41) is 0. The van der Waals surface area contributed by atoms with Gasteiger partial charge in [0.25, 0.3) is 0 Å². The quantitative estimate of drug-likeness (QED) is 0.199. The molecule has 0 spiro atoms. The number of ether oxygens (including phenoxy) is 6. The first-order chi connectivity index (χ1) is 16.3. The van der Waals surface area contributed by atoms with E-state index in [1.807, 2.05) is 0 Å². The molecule has 0 bridgehead atoms. The Labute approximate surface area is 251 Å². The molecule has 5 rings (SSSR count). The van der Waals surface area contributed by atoms with E-state index < -0.39 is 37.6 Å². The van der Waals surface area contributed by atoms with Crippen LogP contribution in [0.4, 0.5) is 0 Å². The van der Waals surface area contributed by atoms with Crippen LogP contribution >= 0.6 is 7.82 Å². The number of esters is 1. The second-order valence-electron chi connectivity index (χ2n) is 8.06. The molecule has 2 aromatic rings. The minimum atomic E-state index is -5.40. The Morgan fingerprint density at radius 1 is 0.889 bits per heavy atom. The van der Waals surface area contributed by atoms with Crippen molar-refractivity contribution in [2.75, 3.05) is 34.7 Å². The van der Waals surface area contributed by atoms with Gasteiger partial charge in [0, 0.05) is 11.8 Å². The van der Waals surface area contributed by atoms with Gasteiger partial charge in [0.2, 0.25) is 12.5 Å². The molecule has 2 aromatic carbocycles. The molecule has 0 amide bonds. The number of hydrogen-bond acceptors (Lipinski definition) is 11. The van der Waals surface area contributed by atoms with Gasteiger partial charge >= 0.3 is 65.1 Å². The summed E-state index contributed by atoms with van der Waals surface area (Å²) in [5.41, 5.74) is 1.57. The van der Waals surface area contributed by atoms with Gasteiger partial charge in [-0.15, -0.1) is 0 Å². The van der Waals surface area contributed by atoms with E-state index in [9.17, 15) is 19.1 Å². The first kappa shape index (κ1) is 29.6. The zero-order valence-electron chi connectivity index (χ0n) is 20.5. The van der Waals surface area contributed by atoms with E-state index in [0.29, 0.717) is 45.4 Å². The van der Waals surface area contributed by atoms with Crippen LogP contribution in [-0.2, 0) is 18.6 Å². The number of carbonyl (C=O) groups is 1. The number of carbonyl (C=O) groups excluding carboxylic acids is 1. The molecule has 11 nitrogen and oxygen atoms in total. The molecule has 182 valence electrons. The molecule has 14 heteroatoms. The van der Waals surface area contributed by atoms with Crippen molar-refractivity contribution in [1.82, 2.24) is 0 Å². The van der Waals surface area contributed by atoms with E-state index in [1.54, 1.807) is 24.3 Å². The summed E-state index contributed by atoms with van der Waals surface area (Å²) in [6.45, 7) is -0.127. The SMILES string of the molecule is COc1cc([C@@H]2c3cc4c(cc3[C@H](OP(=O)([O-])[O-])[C@H]3COC(=O)[C@H]23)OCO4)cc(OC)c1OC.[Na+].[Na+]. The third-order valence-electron chi connectivity index (χ3n) is 6.41. The van der Waals surface area contributed by atoms with Crippen molar-refractivity contribution >= 4 is 13.8 Å². The summed E-state index contributed by atoms with van der Waals surface area (Å²) >= 11 is 0. The Hall–Kier alpha value is -0.980. The number of rotatable bonds is 6. The molecule has 2 aliphatic heterocycles. The molecular weight excluding hydrogens is 517 g/mol. The van der Waals surface area contributed by atoms with Gasteiger partial charge in [-0.25, -0.2) is 0 Å². The molecule has 36 heavy (non-hydrogen) atoms. The molecule has 1 fully saturated rings. The topological polar surface area (TPSA) is 145 Å². The molecule has 0 radical (unpaired) electrons. The van der Waals surface area contributed by atoms with Crippen molar-refractivity contribution in [2.24, 2.45) is 11.8 Å². The molecule has 1 aliphatic carbocycles. The number of methoxy groups -OCH3 is 3. The van der Waals surface area contributed by atoms with Crippen LogP contribution < -0.4 is 92.6 Å². The fourth-order valence-electron chi connectivity index (χ4n) is 5.07. The van der Waals surface area contributed by atoms with E-state index in [1.165, 1.54) is 21.3 Å². The maximum atomic E-state index is 12.9. The van der Waals surface area contributed by atoms with E-state index in [2.05, 4.69) is 0 Å². The fraction of sp³-hybridized carbons (Fsp3) is 0.409. The third-order valence-corrected chi connectivity index (χ3v) is 6.89. The van der Waals surface area contributed by atoms with E-state index in [4.69, 9.17) is 32.9 Å². The smallest absolute Gasteiger partial charge is 0.790 e. The van der Waals surface area contributed by atoms with Crippen LogP contribution in [0, 0.1) is 11.8 Å². The third kappa shape index (κ3) is 5.16. The van der Waals surface area contributed by atoms with Gasteiger partial charge in [-0.2, -0.15) is 0 Å². The van der Waals surface area contributed by atoms with Crippen molar-refractivity contribution in [3.63, 3.8) is 0 Å². The monoisotopic (exact) mass is 538 g/mol. The Kier molecular flexibility index (Phi) is 9.37. The van der Waals surface area contributed by atoms with Gasteiger partial charge in [0.1, 0.15) is 0 Å². The first-order valence-electron chi connectivity index (χ1n) is 10.4. The number of benzene rings is 2. The summed E-state index contributed by atoms with van der Waals surface area (Å²) in [7, 11) is -0.969. The van der Waals surface area contributed by atoms with Crippen molar-refractivity contribution < 1.29 is 111 Å². The van der Waals surface area contributed by atoms with Crippen LogP contribution in [0.3, 0.4) is 0 Å². The number of hydrogen-bond donors (Lipinski definition) is 0. The Bertz CT molecular complexity index is 1180. The minimum Gasteiger partial charge on any atom is -0.790 e. The van der Waals surface area contributed by atoms with Crippen molar-refractivity contribution in [1.29, 1.82) is 0 Å². The van der Waals surface area contributed by atoms with Gasteiger partial charge in [0.15, 0.2) is 23.0 Å². The van der Waals surface area contributed by atoms with E-state index in [-0.39, 0.29) is 72.5 Å². The molecular formula is C22H21Na2O11P. The average molecular weight is 538 g/mol. The maximum absolute atomic E-state index is 12.9. The second kappa shape index (κ2) is 11.4. The Balaban J connectivity index is 0.00000180. The second-order valence-corrected chi connectivity index (χ2v) is 9.17. The van der Waals surface area contributed by atoms with Gasteiger partial charge < -0.3 is 47.3 Å². The van der Waals surface area contributed by atoms with Crippen molar-refractivity contribution in [3.05, 3.63) is 41.0 Å². The number of phosphoric ester groups is 1. The first-order valence-corrected chi connectivity index (χ1v) is 11.8. The summed E-state index contributed by atoms with van der Waals surface area (Å²) < 4.78 is 49.3.